The summed E-state index contributed by atoms with van der Waals surface area (Å²) < 4.78 is 0. The molecule has 2 aromatic rings. The second kappa shape index (κ2) is 7.41. The molecule has 3 nitrogen and oxygen atoms in total. The maximum absolute atomic E-state index is 9.22. The Kier molecular flexibility index (Phi) is 5.57. The summed E-state index contributed by atoms with van der Waals surface area (Å²) in [4.78, 5) is 4.47. The lowest BCUT2D eigenvalue weighted by molar-refractivity contribution is 0.247. The smallest absolute Gasteiger partial charge is 0.0751 e. The molecule has 0 spiro atoms. The van der Waals surface area contributed by atoms with Crippen LogP contribution in [0.4, 0.5) is 5.69 Å². The van der Waals surface area contributed by atoms with Crippen molar-refractivity contribution in [2.75, 3.05) is 18.5 Å². The molecule has 0 aliphatic carbocycles. The molecular formula is C18H26N2O. The fourth-order valence-corrected chi connectivity index (χ4v) is 2.88. The molecule has 2 rings (SSSR count). The van der Waals surface area contributed by atoms with Gasteiger partial charge in [0.15, 0.2) is 0 Å². The zero-order valence-corrected chi connectivity index (χ0v) is 13.3. The molecule has 0 aliphatic rings. The highest BCUT2D eigenvalue weighted by Gasteiger charge is 2.11. The van der Waals surface area contributed by atoms with Gasteiger partial charge in [0.05, 0.1) is 5.52 Å². The number of rotatable bonds is 7. The number of nitrogens with zero attached hydrogens (tertiary/aromatic N) is 1. The summed E-state index contributed by atoms with van der Waals surface area (Å²) in [7, 11) is 0. The molecule has 0 fully saturated rings. The summed E-state index contributed by atoms with van der Waals surface area (Å²) in [6.45, 7) is 7.71. The number of aromatic nitrogens is 1. The number of anilines is 1. The van der Waals surface area contributed by atoms with Crippen molar-refractivity contribution in [2.24, 2.45) is 11.8 Å². The standard InChI is InChI=1S/C18H26N2O/c1-13(2)11-15(8-10-21)12-20-17-7-9-19-18-14(3)5-4-6-16(17)18/h4-7,9,13,15,21H,8,10-12H2,1-3H3,(H,19,20). The molecule has 0 saturated heterocycles. The van der Waals surface area contributed by atoms with E-state index >= 15 is 0 Å². The number of para-hydroxylation sites is 1. The minimum atomic E-state index is 0.259. The van der Waals surface area contributed by atoms with Crippen molar-refractivity contribution in [3.05, 3.63) is 36.0 Å². The first-order valence-electron chi connectivity index (χ1n) is 7.81. The fourth-order valence-electron chi connectivity index (χ4n) is 2.88. The second-order valence-electron chi connectivity index (χ2n) is 6.22. The van der Waals surface area contributed by atoms with Crippen LogP contribution in [-0.2, 0) is 0 Å². The summed E-state index contributed by atoms with van der Waals surface area (Å²) in [5.74, 6) is 1.16. The Morgan fingerprint density at radius 2 is 2.05 bits per heavy atom. The molecule has 1 atom stereocenters. The number of pyridine rings is 1. The molecule has 1 aromatic heterocycles. The van der Waals surface area contributed by atoms with E-state index in [2.05, 4.69) is 49.3 Å². The third kappa shape index (κ3) is 4.18. The van der Waals surface area contributed by atoms with Crippen LogP contribution in [0.2, 0.25) is 0 Å². The van der Waals surface area contributed by atoms with Gasteiger partial charge >= 0.3 is 0 Å². The van der Waals surface area contributed by atoms with Crippen LogP contribution < -0.4 is 5.32 Å². The number of nitrogens with one attached hydrogen (secondary N) is 1. The molecule has 21 heavy (non-hydrogen) atoms. The highest BCUT2D eigenvalue weighted by Crippen LogP contribution is 2.25. The van der Waals surface area contributed by atoms with E-state index in [-0.39, 0.29) is 6.61 Å². The van der Waals surface area contributed by atoms with Gasteiger partial charge in [-0.2, -0.15) is 0 Å². The van der Waals surface area contributed by atoms with Gasteiger partial charge < -0.3 is 10.4 Å². The molecule has 0 bridgehead atoms. The van der Waals surface area contributed by atoms with Gasteiger partial charge in [-0.1, -0.05) is 32.0 Å². The zero-order chi connectivity index (χ0) is 15.2. The molecule has 0 aliphatic heterocycles. The van der Waals surface area contributed by atoms with Crippen LogP contribution in [0.5, 0.6) is 0 Å². The van der Waals surface area contributed by atoms with Crippen LogP contribution in [0.25, 0.3) is 10.9 Å². The van der Waals surface area contributed by atoms with Gasteiger partial charge in [-0.05, 0) is 43.2 Å². The van der Waals surface area contributed by atoms with Crippen molar-refractivity contribution in [2.45, 2.75) is 33.6 Å². The van der Waals surface area contributed by atoms with Crippen molar-refractivity contribution in [1.82, 2.24) is 4.98 Å². The summed E-state index contributed by atoms with van der Waals surface area (Å²) in [6, 6.07) is 8.31. The monoisotopic (exact) mass is 286 g/mol. The largest absolute Gasteiger partial charge is 0.396 e. The van der Waals surface area contributed by atoms with E-state index in [0.717, 1.165) is 30.6 Å². The molecule has 2 N–H and O–H groups in total. The fraction of sp³-hybridized carbons (Fsp3) is 0.500. The van der Waals surface area contributed by atoms with Gasteiger partial charge in [0, 0.05) is 30.4 Å². The third-order valence-corrected chi connectivity index (χ3v) is 3.90. The number of aliphatic hydroxyl groups excluding tert-OH is 1. The molecule has 1 heterocycles. The van der Waals surface area contributed by atoms with Crippen molar-refractivity contribution >= 4 is 16.6 Å². The first-order chi connectivity index (χ1) is 10.1. The predicted octanol–water partition coefficient (Wildman–Crippen LogP) is 4.00. The van der Waals surface area contributed by atoms with E-state index in [1.54, 1.807) is 0 Å². The Morgan fingerprint density at radius 1 is 1.24 bits per heavy atom. The van der Waals surface area contributed by atoms with E-state index in [1.807, 2.05) is 12.3 Å². The quantitative estimate of drug-likeness (QED) is 0.808. The number of aryl methyl sites for hydroxylation is 1. The Labute approximate surface area is 127 Å². The van der Waals surface area contributed by atoms with E-state index in [4.69, 9.17) is 0 Å². The first kappa shape index (κ1) is 15.8. The molecule has 114 valence electrons. The van der Waals surface area contributed by atoms with Crippen molar-refractivity contribution in [3.8, 4) is 0 Å². The molecule has 0 saturated carbocycles. The lowest BCUT2D eigenvalue weighted by atomic mass is 9.94. The predicted molar refractivity (Wildman–Crippen MR) is 89.6 cm³/mol. The summed E-state index contributed by atoms with van der Waals surface area (Å²) in [5, 5.41) is 13.9. The van der Waals surface area contributed by atoms with Crippen LogP contribution in [0.3, 0.4) is 0 Å². The normalized spacial score (nSPS) is 12.8. The van der Waals surface area contributed by atoms with E-state index in [9.17, 15) is 5.11 Å². The van der Waals surface area contributed by atoms with Crippen molar-refractivity contribution in [1.29, 1.82) is 0 Å². The average molecular weight is 286 g/mol. The van der Waals surface area contributed by atoms with Crippen molar-refractivity contribution < 1.29 is 5.11 Å². The SMILES string of the molecule is Cc1cccc2c(NCC(CCO)CC(C)C)ccnc12. The number of hydrogen-bond donors (Lipinski definition) is 2. The lowest BCUT2D eigenvalue weighted by Gasteiger charge is -2.20. The number of fused-ring (bicyclic) bond motifs is 1. The van der Waals surface area contributed by atoms with Gasteiger partial charge in [0.25, 0.3) is 0 Å². The molecule has 1 unspecified atom stereocenters. The van der Waals surface area contributed by atoms with Gasteiger partial charge in [-0.3, -0.25) is 4.98 Å². The molecular weight excluding hydrogens is 260 g/mol. The third-order valence-electron chi connectivity index (χ3n) is 3.90. The number of benzene rings is 1. The van der Waals surface area contributed by atoms with Gasteiger partial charge in [0.1, 0.15) is 0 Å². The minimum Gasteiger partial charge on any atom is -0.396 e. The minimum absolute atomic E-state index is 0.259. The van der Waals surface area contributed by atoms with Crippen molar-refractivity contribution in [3.63, 3.8) is 0 Å². The highest BCUT2D eigenvalue weighted by molar-refractivity contribution is 5.92. The van der Waals surface area contributed by atoms with Crippen LogP contribution in [0.15, 0.2) is 30.5 Å². The molecule has 0 radical (unpaired) electrons. The summed E-state index contributed by atoms with van der Waals surface area (Å²) in [6.07, 6.45) is 3.85. The zero-order valence-electron chi connectivity index (χ0n) is 13.3. The maximum Gasteiger partial charge on any atom is 0.0751 e. The van der Waals surface area contributed by atoms with Gasteiger partial charge in [-0.25, -0.2) is 0 Å². The highest BCUT2D eigenvalue weighted by atomic mass is 16.3. The molecule has 3 heteroatoms. The van der Waals surface area contributed by atoms with E-state index in [0.29, 0.717) is 11.8 Å². The average Bonchev–Trinajstić information content (AvgIpc) is 2.45. The molecule has 1 aromatic carbocycles. The van der Waals surface area contributed by atoms with Crippen LogP contribution in [0, 0.1) is 18.8 Å². The Bertz CT molecular complexity index is 580. The maximum atomic E-state index is 9.22. The van der Waals surface area contributed by atoms with Crippen LogP contribution >= 0.6 is 0 Å². The van der Waals surface area contributed by atoms with E-state index < -0.39 is 0 Å². The summed E-state index contributed by atoms with van der Waals surface area (Å²) >= 11 is 0. The molecule has 0 amide bonds. The number of hydrogen-bond acceptors (Lipinski definition) is 3. The van der Waals surface area contributed by atoms with Gasteiger partial charge in [0.2, 0.25) is 0 Å². The van der Waals surface area contributed by atoms with Gasteiger partial charge in [-0.15, -0.1) is 0 Å². The number of aliphatic hydroxyl groups is 1. The van der Waals surface area contributed by atoms with E-state index in [1.165, 1.54) is 10.9 Å². The first-order valence-corrected chi connectivity index (χ1v) is 7.81. The Morgan fingerprint density at radius 3 is 2.76 bits per heavy atom. The lowest BCUT2D eigenvalue weighted by Crippen LogP contribution is -2.18. The topological polar surface area (TPSA) is 45.1 Å². The van der Waals surface area contributed by atoms with Crippen LogP contribution in [0.1, 0.15) is 32.3 Å². The summed E-state index contributed by atoms with van der Waals surface area (Å²) in [5.41, 5.74) is 3.39. The second-order valence-corrected chi connectivity index (χ2v) is 6.22. The van der Waals surface area contributed by atoms with Crippen LogP contribution in [-0.4, -0.2) is 23.2 Å². The Balaban J connectivity index is 2.14. The Hall–Kier alpha value is -1.61.